The number of amides is 1. The molecule has 18 heavy (non-hydrogen) atoms. The zero-order chi connectivity index (χ0) is 13.0. The van der Waals surface area contributed by atoms with Gasteiger partial charge in [-0.25, -0.2) is 0 Å². The highest BCUT2D eigenvalue weighted by Gasteiger charge is 2.36. The molecule has 0 aromatic rings. The lowest BCUT2D eigenvalue weighted by Crippen LogP contribution is -2.43. The summed E-state index contributed by atoms with van der Waals surface area (Å²) in [6.45, 7) is 0.717. The number of aliphatic carboxylic acids is 1. The van der Waals surface area contributed by atoms with Crippen molar-refractivity contribution in [1.29, 1.82) is 0 Å². The second-order valence-corrected chi connectivity index (χ2v) is 5.91. The third-order valence-electron chi connectivity index (χ3n) is 3.29. The number of carbonyl (C=O) groups is 2. The minimum absolute atomic E-state index is 0.0219. The van der Waals surface area contributed by atoms with Crippen LogP contribution in [0.15, 0.2) is 0 Å². The number of thioether (sulfide) groups is 1. The molecule has 2 N–H and O–H groups in total. The number of carbonyl (C=O) groups excluding carboxylic acids is 1. The van der Waals surface area contributed by atoms with Crippen molar-refractivity contribution >= 4 is 23.6 Å². The average Bonchev–Trinajstić information content (AvgIpc) is 3.12. The Kier molecular flexibility index (Phi) is 4.88. The van der Waals surface area contributed by atoms with Crippen LogP contribution in [0, 0.1) is 5.92 Å². The molecule has 5 nitrogen and oxygen atoms in total. The first-order valence-electron chi connectivity index (χ1n) is 6.35. The molecule has 6 heteroatoms. The molecule has 2 aliphatic rings. The zero-order valence-electron chi connectivity index (χ0n) is 10.3. The summed E-state index contributed by atoms with van der Waals surface area (Å²) in [6.07, 6.45) is 4.58. The Hall–Kier alpha value is -0.750. The lowest BCUT2D eigenvalue weighted by atomic mass is 10.0. The molecule has 0 spiro atoms. The maximum atomic E-state index is 11.6. The number of hydrogen-bond donors (Lipinski definition) is 2. The van der Waals surface area contributed by atoms with Crippen LogP contribution in [0.4, 0.5) is 0 Å². The highest BCUT2D eigenvalue weighted by molar-refractivity contribution is 8.00. The lowest BCUT2D eigenvalue weighted by molar-refractivity contribution is -0.133. The molecule has 0 aromatic carbocycles. The van der Waals surface area contributed by atoms with Crippen molar-refractivity contribution in [2.75, 3.05) is 18.1 Å². The molecule has 2 atom stereocenters. The topological polar surface area (TPSA) is 75.6 Å². The minimum atomic E-state index is -0.882. The normalized spacial score (nSPS) is 27.8. The van der Waals surface area contributed by atoms with Crippen LogP contribution in [0.1, 0.15) is 25.7 Å². The van der Waals surface area contributed by atoms with Crippen molar-refractivity contribution in [2.45, 2.75) is 37.8 Å². The van der Waals surface area contributed by atoms with Gasteiger partial charge in [-0.2, -0.15) is 0 Å². The summed E-state index contributed by atoms with van der Waals surface area (Å²) < 4.78 is 5.69. The smallest absolute Gasteiger partial charge is 0.313 e. The fourth-order valence-corrected chi connectivity index (χ4v) is 2.80. The van der Waals surface area contributed by atoms with Crippen molar-refractivity contribution in [2.24, 2.45) is 5.92 Å². The van der Waals surface area contributed by atoms with Gasteiger partial charge in [0.1, 0.15) is 0 Å². The largest absolute Gasteiger partial charge is 0.481 e. The van der Waals surface area contributed by atoms with E-state index in [9.17, 15) is 9.59 Å². The van der Waals surface area contributed by atoms with Crippen LogP contribution in [-0.2, 0) is 14.3 Å². The van der Waals surface area contributed by atoms with Gasteiger partial charge in [0.05, 0.1) is 17.6 Å². The predicted molar refractivity (Wildman–Crippen MR) is 68.6 cm³/mol. The molecule has 0 bridgehead atoms. The van der Waals surface area contributed by atoms with Gasteiger partial charge in [0.15, 0.2) is 0 Å². The van der Waals surface area contributed by atoms with Gasteiger partial charge in [0, 0.05) is 12.6 Å². The molecule has 2 unspecified atom stereocenters. The SMILES string of the molecule is O=C(O)CSCC(=O)NC1CCOC(C2CC2)C1. The number of carboxylic acid groups (broad SMARTS) is 1. The Morgan fingerprint density at radius 3 is 2.72 bits per heavy atom. The molecule has 1 saturated heterocycles. The van der Waals surface area contributed by atoms with Gasteiger partial charge in [-0.1, -0.05) is 0 Å². The quantitative estimate of drug-likeness (QED) is 0.751. The fraction of sp³-hybridized carbons (Fsp3) is 0.833. The summed E-state index contributed by atoms with van der Waals surface area (Å²) in [6, 6.07) is 0.197. The first-order valence-corrected chi connectivity index (χ1v) is 7.51. The third kappa shape index (κ3) is 4.49. The van der Waals surface area contributed by atoms with E-state index in [0.717, 1.165) is 24.6 Å². The first kappa shape index (κ1) is 13.7. The molecule has 102 valence electrons. The van der Waals surface area contributed by atoms with E-state index >= 15 is 0 Å². The molecule has 2 rings (SSSR count). The predicted octanol–water partition coefficient (Wildman–Crippen LogP) is 0.878. The molecule has 1 aliphatic carbocycles. The van der Waals surface area contributed by atoms with E-state index in [1.807, 2.05) is 0 Å². The summed E-state index contributed by atoms with van der Waals surface area (Å²) in [5, 5.41) is 11.5. The van der Waals surface area contributed by atoms with Crippen molar-refractivity contribution in [1.82, 2.24) is 5.32 Å². The summed E-state index contributed by atoms with van der Waals surface area (Å²) >= 11 is 1.13. The minimum Gasteiger partial charge on any atom is -0.481 e. The van der Waals surface area contributed by atoms with Gasteiger partial charge in [-0.15, -0.1) is 11.8 Å². The van der Waals surface area contributed by atoms with Crippen molar-refractivity contribution in [3.63, 3.8) is 0 Å². The van der Waals surface area contributed by atoms with Gasteiger partial charge in [0.2, 0.25) is 5.91 Å². The molecule has 0 aromatic heterocycles. The maximum Gasteiger partial charge on any atom is 0.313 e. The van der Waals surface area contributed by atoms with E-state index in [-0.39, 0.29) is 23.5 Å². The highest BCUT2D eigenvalue weighted by atomic mass is 32.2. The molecule has 0 radical (unpaired) electrons. The molecule has 1 saturated carbocycles. The van der Waals surface area contributed by atoms with Gasteiger partial charge < -0.3 is 15.2 Å². The molecule has 2 fully saturated rings. The fourth-order valence-electron chi connectivity index (χ4n) is 2.26. The van der Waals surface area contributed by atoms with Gasteiger partial charge in [0.25, 0.3) is 0 Å². The second-order valence-electron chi connectivity index (χ2n) is 4.92. The summed E-state index contributed by atoms with van der Waals surface area (Å²) in [4.78, 5) is 21.9. The van der Waals surface area contributed by atoms with Gasteiger partial charge >= 0.3 is 5.97 Å². The maximum absolute atomic E-state index is 11.6. The van der Waals surface area contributed by atoms with Gasteiger partial charge in [-0.3, -0.25) is 9.59 Å². The van der Waals surface area contributed by atoms with Crippen molar-refractivity contribution in [3.05, 3.63) is 0 Å². The van der Waals surface area contributed by atoms with Crippen molar-refractivity contribution in [3.8, 4) is 0 Å². The molecule has 1 amide bonds. The monoisotopic (exact) mass is 273 g/mol. The summed E-state index contributed by atoms with van der Waals surface area (Å²) in [7, 11) is 0. The van der Waals surface area contributed by atoms with E-state index in [1.54, 1.807) is 0 Å². The number of rotatable bonds is 6. The molecule has 1 aliphatic heterocycles. The van der Waals surface area contributed by atoms with E-state index in [0.29, 0.717) is 18.6 Å². The van der Waals surface area contributed by atoms with Crippen LogP contribution < -0.4 is 5.32 Å². The Labute approximate surface area is 111 Å². The van der Waals surface area contributed by atoms with E-state index in [1.165, 1.54) is 12.8 Å². The Morgan fingerprint density at radius 2 is 2.06 bits per heavy atom. The number of carboxylic acids is 1. The lowest BCUT2D eigenvalue weighted by Gasteiger charge is -2.30. The summed E-state index contributed by atoms with van der Waals surface area (Å²) in [5.41, 5.74) is 0. The molecule has 1 heterocycles. The number of nitrogens with one attached hydrogen (secondary N) is 1. The number of hydrogen-bond acceptors (Lipinski definition) is 4. The van der Waals surface area contributed by atoms with E-state index in [4.69, 9.17) is 9.84 Å². The number of ether oxygens (including phenoxy) is 1. The van der Waals surface area contributed by atoms with Crippen LogP contribution in [0.3, 0.4) is 0 Å². The van der Waals surface area contributed by atoms with Gasteiger partial charge in [-0.05, 0) is 31.6 Å². The Bertz CT molecular complexity index is 319. The third-order valence-corrected chi connectivity index (χ3v) is 4.20. The first-order chi connectivity index (χ1) is 8.65. The zero-order valence-corrected chi connectivity index (χ0v) is 11.1. The highest BCUT2D eigenvalue weighted by Crippen LogP contribution is 2.38. The standard InChI is InChI=1S/C12H19NO4S/c14-11(6-18-7-12(15)16)13-9-3-4-17-10(5-9)8-1-2-8/h8-10H,1-7H2,(H,13,14)(H,15,16). The van der Waals surface area contributed by atoms with Crippen LogP contribution >= 0.6 is 11.8 Å². The average molecular weight is 273 g/mol. The molecular formula is C12H19NO4S. The van der Waals surface area contributed by atoms with E-state index in [2.05, 4.69) is 5.32 Å². The van der Waals surface area contributed by atoms with Crippen LogP contribution in [0.25, 0.3) is 0 Å². The molecular weight excluding hydrogens is 254 g/mol. The Morgan fingerprint density at radius 1 is 1.28 bits per heavy atom. The second kappa shape index (κ2) is 6.43. The van der Waals surface area contributed by atoms with Crippen LogP contribution in [0.5, 0.6) is 0 Å². The van der Waals surface area contributed by atoms with Crippen LogP contribution in [0.2, 0.25) is 0 Å². The Balaban J connectivity index is 1.64. The van der Waals surface area contributed by atoms with Crippen LogP contribution in [-0.4, -0.2) is 47.2 Å². The van der Waals surface area contributed by atoms with E-state index < -0.39 is 5.97 Å². The van der Waals surface area contributed by atoms with Crippen molar-refractivity contribution < 1.29 is 19.4 Å². The summed E-state index contributed by atoms with van der Waals surface area (Å²) in [5.74, 6) is -0.0506.